The number of hydrogen-bond acceptors (Lipinski definition) is 6. The molecule has 118 valence electrons. The van der Waals surface area contributed by atoms with Crippen LogP contribution >= 0.6 is 11.3 Å². The molecule has 0 spiro atoms. The Kier molecular flexibility index (Phi) is 4.73. The average molecular weight is 312 g/mol. The van der Waals surface area contributed by atoms with Crippen molar-refractivity contribution < 1.29 is 9.90 Å². The second-order valence-electron chi connectivity index (χ2n) is 6.30. The van der Waals surface area contributed by atoms with Gasteiger partial charge in [-0.25, -0.2) is 4.98 Å². The molecule has 1 aliphatic rings. The Hall–Kier alpha value is -1.34. The summed E-state index contributed by atoms with van der Waals surface area (Å²) in [6, 6.07) is 0. The molecule has 2 rings (SSSR count). The van der Waals surface area contributed by atoms with Crippen molar-refractivity contribution in [3.05, 3.63) is 4.88 Å². The first-order valence-corrected chi connectivity index (χ1v) is 8.12. The molecule has 1 fully saturated rings. The number of hydrogen-bond donors (Lipinski definition) is 3. The maximum atomic E-state index is 12.5. The van der Waals surface area contributed by atoms with Crippen LogP contribution in [0.1, 0.15) is 43.3 Å². The smallest absolute Gasteiger partial charge is 0.267 e. The van der Waals surface area contributed by atoms with Crippen LogP contribution in [0.25, 0.3) is 0 Å². The molecule has 0 aromatic carbocycles. The minimum Gasteiger partial charge on any atom is -0.390 e. The quantitative estimate of drug-likeness (QED) is 0.788. The SMILES string of the molecule is CC(C)CNc1nc(N)c(C(=O)N2CCC(C)(O)CC2)s1. The normalized spacial score (nSPS) is 18.0. The molecule has 0 atom stereocenters. The van der Waals surface area contributed by atoms with Crippen LogP contribution in [0.5, 0.6) is 0 Å². The van der Waals surface area contributed by atoms with E-state index in [0.717, 1.165) is 6.54 Å². The Morgan fingerprint density at radius 3 is 2.71 bits per heavy atom. The van der Waals surface area contributed by atoms with E-state index in [1.807, 2.05) is 6.92 Å². The summed E-state index contributed by atoms with van der Waals surface area (Å²) in [7, 11) is 0. The zero-order valence-corrected chi connectivity index (χ0v) is 13.7. The second-order valence-corrected chi connectivity index (χ2v) is 7.30. The van der Waals surface area contributed by atoms with Crippen LogP contribution < -0.4 is 11.1 Å². The maximum Gasteiger partial charge on any atom is 0.267 e. The molecule has 0 bridgehead atoms. The lowest BCUT2D eigenvalue weighted by molar-refractivity contribution is -0.00185. The third kappa shape index (κ3) is 4.07. The summed E-state index contributed by atoms with van der Waals surface area (Å²) < 4.78 is 0. The third-order valence-corrected chi connectivity index (χ3v) is 4.65. The number of rotatable bonds is 4. The highest BCUT2D eigenvalue weighted by molar-refractivity contribution is 7.18. The molecule has 0 saturated carbocycles. The van der Waals surface area contributed by atoms with E-state index in [1.54, 1.807) is 4.90 Å². The summed E-state index contributed by atoms with van der Waals surface area (Å²) in [5.41, 5.74) is 5.20. The zero-order valence-electron chi connectivity index (χ0n) is 12.8. The number of nitrogens with two attached hydrogens (primary N) is 1. The first kappa shape index (κ1) is 16.0. The van der Waals surface area contributed by atoms with Gasteiger partial charge in [-0.1, -0.05) is 25.2 Å². The van der Waals surface area contributed by atoms with Gasteiger partial charge in [-0.3, -0.25) is 4.79 Å². The van der Waals surface area contributed by atoms with Crippen molar-refractivity contribution in [3.63, 3.8) is 0 Å². The molecule has 21 heavy (non-hydrogen) atoms. The summed E-state index contributed by atoms with van der Waals surface area (Å²) in [6.45, 7) is 7.93. The fourth-order valence-electron chi connectivity index (χ4n) is 2.19. The Morgan fingerprint density at radius 1 is 1.52 bits per heavy atom. The van der Waals surface area contributed by atoms with Crippen molar-refractivity contribution in [3.8, 4) is 0 Å². The molecule has 1 aliphatic heterocycles. The molecule has 0 unspecified atom stereocenters. The highest BCUT2D eigenvalue weighted by atomic mass is 32.1. The maximum absolute atomic E-state index is 12.5. The van der Waals surface area contributed by atoms with Gasteiger partial charge in [-0.2, -0.15) is 0 Å². The molecule has 7 heteroatoms. The zero-order chi connectivity index (χ0) is 15.6. The van der Waals surface area contributed by atoms with Gasteiger partial charge in [-0.05, 0) is 25.7 Å². The highest BCUT2D eigenvalue weighted by Crippen LogP contribution is 2.29. The molecular formula is C14H24N4O2S. The van der Waals surface area contributed by atoms with E-state index < -0.39 is 5.60 Å². The molecule has 0 aliphatic carbocycles. The van der Waals surface area contributed by atoms with E-state index in [4.69, 9.17) is 5.73 Å². The third-order valence-electron chi connectivity index (χ3n) is 3.64. The predicted molar refractivity (Wildman–Crippen MR) is 85.6 cm³/mol. The number of likely N-dealkylation sites (tertiary alicyclic amines) is 1. The van der Waals surface area contributed by atoms with Crippen molar-refractivity contribution in [1.29, 1.82) is 0 Å². The van der Waals surface area contributed by atoms with Crippen molar-refractivity contribution in [2.45, 2.75) is 39.2 Å². The highest BCUT2D eigenvalue weighted by Gasteiger charge is 2.31. The van der Waals surface area contributed by atoms with Gasteiger partial charge >= 0.3 is 0 Å². The van der Waals surface area contributed by atoms with Crippen LogP contribution in [0.3, 0.4) is 0 Å². The summed E-state index contributed by atoms with van der Waals surface area (Å²) in [5.74, 6) is 0.699. The fraction of sp³-hybridized carbons (Fsp3) is 0.714. The van der Waals surface area contributed by atoms with Gasteiger partial charge in [0, 0.05) is 19.6 Å². The van der Waals surface area contributed by atoms with Gasteiger partial charge in [0.1, 0.15) is 10.7 Å². The van der Waals surface area contributed by atoms with Crippen LogP contribution in [-0.4, -0.2) is 46.1 Å². The number of thiazole rings is 1. The molecule has 1 amide bonds. The molecule has 1 aromatic heterocycles. The lowest BCUT2D eigenvalue weighted by atomic mass is 9.94. The van der Waals surface area contributed by atoms with Crippen LogP contribution in [0.4, 0.5) is 10.9 Å². The lowest BCUT2D eigenvalue weighted by Crippen LogP contribution is -2.45. The van der Waals surface area contributed by atoms with Crippen LogP contribution in [0, 0.1) is 5.92 Å². The fourth-order valence-corrected chi connectivity index (χ4v) is 3.05. The van der Waals surface area contributed by atoms with E-state index in [2.05, 4.69) is 24.1 Å². The Morgan fingerprint density at radius 2 is 2.14 bits per heavy atom. The average Bonchev–Trinajstić information content (AvgIpc) is 2.77. The van der Waals surface area contributed by atoms with Crippen molar-refractivity contribution in [2.75, 3.05) is 30.7 Å². The number of aliphatic hydroxyl groups is 1. The van der Waals surface area contributed by atoms with Gasteiger partial charge in [0.25, 0.3) is 5.91 Å². The molecule has 1 saturated heterocycles. The van der Waals surface area contributed by atoms with E-state index in [1.165, 1.54) is 11.3 Å². The van der Waals surface area contributed by atoms with E-state index in [-0.39, 0.29) is 11.7 Å². The van der Waals surface area contributed by atoms with Crippen molar-refractivity contribution in [2.24, 2.45) is 5.92 Å². The van der Waals surface area contributed by atoms with Crippen LogP contribution in [0.15, 0.2) is 0 Å². The number of carbonyl (C=O) groups is 1. The number of nitrogen functional groups attached to an aromatic ring is 1. The molecule has 0 radical (unpaired) electrons. The minimum atomic E-state index is -0.667. The van der Waals surface area contributed by atoms with Gasteiger partial charge in [0.15, 0.2) is 5.13 Å². The first-order valence-electron chi connectivity index (χ1n) is 7.30. The topological polar surface area (TPSA) is 91.5 Å². The monoisotopic (exact) mass is 312 g/mol. The van der Waals surface area contributed by atoms with Gasteiger partial charge in [0.05, 0.1) is 5.60 Å². The Labute approximate surface area is 129 Å². The number of anilines is 2. The van der Waals surface area contributed by atoms with Crippen molar-refractivity contribution >= 4 is 28.2 Å². The summed E-state index contributed by atoms with van der Waals surface area (Å²) >= 11 is 1.30. The first-order chi connectivity index (χ1) is 9.78. The summed E-state index contributed by atoms with van der Waals surface area (Å²) in [5, 5.41) is 13.8. The van der Waals surface area contributed by atoms with E-state index in [0.29, 0.717) is 41.9 Å². The Balaban J connectivity index is 2.02. The number of nitrogens with one attached hydrogen (secondary N) is 1. The molecular weight excluding hydrogens is 288 g/mol. The molecule has 6 nitrogen and oxygen atoms in total. The number of aromatic nitrogens is 1. The van der Waals surface area contributed by atoms with Gasteiger partial charge in [0.2, 0.25) is 0 Å². The number of piperidine rings is 1. The number of nitrogens with zero attached hydrogens (tertiary/aromatic N) is 2. The lowest BCUT2D eigenvalue weighted by Gasteiger charge is -2.35. The standard InChI is InChI=1S/C14H24N4O2S/c1-9(2)8-16-13-17-11(15)10(21-13)12(19)18-6-4-14(3,20)5-7-18/h9,20H,4-8,15H2,1-3H3,(H,16,17). The number of carbonyl (C=O) groups excluding carboxylic acids is 1. The van der Waals surface area contributed by atoms with Gasteiger partial charge < -0.3 is 21.1 Å². The van der Waals surface area contributed by atoms with Crippen LogP contribution in [-0.2, 0) is 0 Å². The summed E-state index contributed by atoms with van der Waals surface area (Å²) in [4.78, 5) is 18.9. The molecule has 1 aromatic rings. The molecule has 4 N–H and O–H groups in total. The largest absolute Gasteiger partial charge is 0.390 e. The summed E-state index contributed by atoms with van der Waals surface area (Å²) in [6.07, 6.45) is 1.19. The van der Waals surface area contributed by atoms with Crippen molar-refractivity contribution in [1.82, 2.24) is 9.88 Å². The van der Waals surface area contributed by atoms with Crippen LogP contribution in [0.2, 0.25) is 0 Å². The Bertz CT molecular complexity index is 503. The van der Waals surface area contributed by atoms with Gasteiger partial charge in [-0.15, -0.1) is 0 Å². The minimum absolute atomic E-state index is 0.0851. The molecule has 2 heterocycles. The number of amides is 1. The second kappa shape index (κ2) is 6.19. The van der Waals surface area contributed by atoms with E-state index >= 15 is 0 Å². The predicted octanol–water partition coefficient (Wildman–Crippen LogP) is 1.78. The van der Waals surface area contributed by atoms with E-state index in [9.17, 15) is 9.90 Å².